The predicted molar refractivity (Wildman–Crippen MR) is 77.6 cm³/mol. The van der Waals surface area contributed by atoms with Gasteiger partial charge >= 0.3 is 0 Å². The van der Waals surface area contributed by atoms with Crippen molar-refractivity contribution in [1.82, 2.24) is 5.32 Å². The molecule has 2 rings (SSSR count). The summed E-state index contributed by atoms with van der Waals surface area (Å²) in [6.07, 6.45) is 2.64. The van der Waals surface area contributed by atoms with Gasteiger partial charge in [0.2, 0.25) is 0 Å². The van der Waals surface area contributed by atoms with Crippen molar-refractivity contribution in [3.8, 4) is 0 Å². The Hall–Kier alpha value is -1.06. The average molecular weight is 308 g/mol. The Balaban J connectivity index is 1.85. The fraction of sp³-hybridized carbons (Fsp3) is 0.333. The molecule has 0 amide bonds. The smallest absolute Gasteiger partial charge is 0.105 e. The highest BCUT2D eigenvalue weighted by Crippen LogP contribution is 2.17. The second kappa shape index (κ2) is 6.21. The van der Waals surface area contributed by atoms with Crippen LogP contribution in [-0.2, 0) is 13.0 Å². The van der Waals surface area contributed by atoms with Crippen LogP contribution in [0.25, 0.3) is 0 Å². The molecule has 96 valence electrons. The van der Waals surface area contributed by atoms with Crippen molar-refractivity contribution < 1.29 is 4.42 Å². The maximum atomic E-state index is 5.34. The third-order valence-electron chi connectivity index (χ3n) is 2.96. The van der Waals surface area contributed by atoms with Gasteiger partial charge in [-0.15, -0.1) is 0 Å². The number of rotatable bonds is 5. The molecule has 0 fully saturated rings. The van der Waals surface area contributed by atoms with Crippen molar-refractivity contribution in [2.24, 2.45) is 0 Å². The molecule has 0 aliphatic rings. The molecule has 0 bridgehead atoms. The first-order valence-corrected chi connectivity index (χ1v) is 6.95. The minimum absolute atomic E-state index is 0.403. The lowest BCUT2D eigenvalue weighted by Gasteiger charge is -2.13. The van der Waals surface area contributed by atoms with Gasteiger partial charge in [0.15, 0.2) is 0 Å². The number of nitrogens with one attached hydrogen (secondary N) is 1. The molecule has 0 saturated carbocycles. The van der Waals surface area contributed by atoms with E-state index in [2.05, 4.69) is 53.3 Å². The van der Waals surface area contributed by atoms with Crippen LogP contribution in [0.1, 0.15) is 23.8 Å². The van der Waals surface area contributed by atoms with E-state index in [0.29, 0.717) is 6.04 Å². The normalized spacial score (nSPS) is 12.6. The molecular formula is C15H18BrNO. The SMILES string of the molecule is Cc1cc(CNC(C)Cc2ccco2)ccc1Br. The molecule has 0 saturated heterocycles. The van der Waals surface area contributed by atoms with Crippen LogP contribution in [0.3, 0.4) is 0 Å². The quantitative estimate of drug-likeness (QED) is 0.900. The van der Waals surface area contributed by atoms with E-state index in [-0.39, 0.29) is 0 Å². The van der Waals surface area contributed by atoms with Crippen LogP contribution >= 0.6 is 15.9 Å². The molecule has 18 heavy (non-hydrogen) atoms. The summed E-state index contributed by atoms with van der Waals surface area (Å²) in [4.78, 5) is 0. The number of furan rings is 1. The summed E-state index contributed by atoms with van der Waals surface area (Å²) in [5, 5.41) is 3.51. The molecule has 1 unspecified atom stereocenters. The molecule has 3 heteroatoms. The van der Waals surface area contributed by atoms with Gasteiger partial charge in [-0.05, 0) is 43.2 Å². The molecule has 2 aromatic rings. The number of hydrogen-bond donors (Lipinski definition) is 1. The average Bonchev–Trinajstić information content (AvgIpc) is 2.83. The lowest BCUT2D eigenvalue weighted by atomic mass is 10.1. The first-order chi connectivity index (χ1) is 8.65. The molecule has 1 heterocycles. The molecule has 0 radical (unpaired) electrons. The van der Waals surface area contributed by atoms with E-state index in [4.69, 9.17) is 4.42 Å². The highest BCUT2D eigenvalue weighted by atomic mass is 79.9. The van der Waals surface area contributed by atoms with Crippen molar-refractivity contribution >= 4 is 15.9 Å². The molecule has 2 nitrogen and oxygen atoms in total. The number of halogens is 1. The lowest BCUT2D eigenvalue weighted by molar-refractivity contribution is 0.456. The molecule has 0 aliphatic heterocycles. The van der Waals surface area contributed by atoms with Gasteiger partial charge in [0.1, 0.15) is 5.76 Å². The topological polar surface area (TPSA) is 25.2 Å². The van der Waals surface area contributed by atoms with E-state index in [1.165, 1.54) is 11.1 Å². The van der Waals surface area contributed by atoms with Crippen molar-refractivity contribution in [2.45, 2.75) is 32.9 Å². The maximum Gasteiger partial charge on any atom is 0.105 e. The third kappa shape index (κ3) is 3.72. The summed E-state index contributed by atoms with van der Waals surface area (Å²) in [5.74, 6) is 1.03. The van der Waals surface area contributed by atoms with Crippen LogP contribution in [0.5, 0.6) is 0 Å². The molecule has 1 N–H and O–H groups in total. The van der Waals surface area contributed by atoms with Crippen LogP contribution in [-0.4, -0.2) is 6.04 Å². The zero-order valence-corrected chi connectivity index (χ0v) is 12.3. The van der Waals surface area contributed by atoms with E-state index in [1.54, 1.807) is 6.26 Å². The molecule has 1 aromatic carbocycles. The van der Waals surface area contributed by atoms with E-state index in [9.17, 15) is 0 Å². The first kappa shape index (κ1) is 13.4. The van der Waals surface area contributed by atoms with Crippen molar-refractivity contribution in [3.63, 3.8) is 0 Å². The highest BCUT2D eigenvalue weighted by Gasteiger charge is 2.05. The van der Waals surface area contributed by atoms with Crippen molar-refractivity contribution in [3.05, 3.63) is 58.0 Å². The Morgan fingerprint density at radius 1 is 1.33 bits per heavy atom. The fourth-order valence-electron chi connectivity index (χ4n) is 1.91. The van der Waals surface area contributed by atoms with E-state index < -0.39 is 0 Å². The van der Waals surface area contributed by atoms with Gasteiger partial charge in [0.25, 0.3) is 0 Å². The second-order valence-electron chi connectivity index (χ2n) is 4.65. The van der Waals surface area contributed by atoms with Crippen LogP contribution in [0.15, 0.2) is 45.5 Å². The van der Waals surface area contributed by atoms with Gasteiger partial charge in [-0.2, -0.15) is 0 Å². The number of aryl methyl sites for hydroxylation is 1. The maximum absolute atomic E-state index is 5.34. The third-order valence-corrected chi connectivity index (χ3v) is 3.85. The second-order valence-corrected chi connectivity index (χ2v) is 5.50. The van der Waals surface area contributed by atoms with E-state index >= 15 is 0 Å². The number of hydrogen-bond acceptors (Lipinski definition) is 2. The van der Waals surface area contributed by atoms with Gasteiger partial charge in [0.05, 0.1) is 6.26 Å². The first-order valence-electron chi connectivity index (χ1n) is 6.16. The lowest BCUT2D eigenvalue weighted by Crippen LogP contribution is -2.27. The minimum Gasteiger partial charge on any atom is -0.469 e. The zero-order valence-electron chi connectivity index (χ0n) is 10.7. The molecule has 0 aliphatic carbocycles. The Kier molecular flexibility index (Phi) is 4.61. The Morgan fingerprint density at radius 2 is 2.17 bits per heavy atom. The molecule has 0 spiro atoms. The Labute approximate surface area is 117 Å². The minimum atomic E-state index is 0.403. The largest absolute Gasteiger partial charge is 0.469 e. The van der Waals surface area contributed by atoms with Gasteiger partial charge in [-0.1, -0.05) is 28.1 Å². The van der Waals surface area contributed by atoms with Crippen LogP contribution in [0.4, 0.5) is 0 Å². The van der Waals surface area contributed by atoms with Gasteiger partial charge in [-0.25, -0.2) is 0 Å². The van der Waals surface area contributed by atoms with E-state index in [1.807, 2.05) is 12.1 Å². The Bertz CT molecular complexity index is 493. The van der Waals surface area contributed by atoms with Crippen LogP contribution < -0.4 is 5.32 Å². The molecular weight excluding hydrogens is 290 g/mol. The standard InChI is InChI=1S/C15H18BrNO/c1-11-8-13(5-6-15(11)16)10-17-12(2)9-14-4-3-7-18-14/h3-8,12,17H,9-10H2,1-2H3. The predicted octanol–water partition coefficient (Wildman–Crippen LogP) is 4.07. The van der Waals surface area contributed by atoms with Gasteiger partial charge in [-0.3, -0.25) is 0 Å². The summed E-state index contributed by atoms with van der Waals surface area (Å²) in [6, 6.07) is 10.8. The summed E-state index contributed by atoms with van der Waals surface area (Å²) >= 11 is 3.52. The summed E-state index contributed by atoms with van der Waals surface area (Å²) in [6.45, 7) is 5.17. The summed E-state index contributed by atoms with van der Waals surface area (Å²) < 4.78 is 6.51. The van der Waals surface area contributed by atoms with Gasteiger partial charge in [0, 0.05) is 23.5 Å². The molecule has 1 aromatic heterocycles. The van der Waals surface area contributed by atoms with Crippen LogP contribution in [0.2, 0.25) is 0 Å². The Morgan fingerprint density at radius 3 is 2.83 bits per heavy atom. The number of benzene rings is 1. The monoisotopic (exact) mass is 307 g/mol. The fourth-order valence-corrected chi connectivity index (χ4v) is 2.16. The van der Waals surface area contributed by atoms with Crippen molar-refractivity contribution in [2.75, 3.05) is 0 Å². The summed E-state index contributed by atoms with van der Waals surface area (Å²) in [5.41, 5.74) is 2.58. The van der Waals surface area contributed by atoms with Crippen LogP contribution in [0, 0.1) is 6.92 Å². The summed E-state index contributed by atoms with van der Waals surface area (Å²) in [7, 11) is 0. The zero-order chi connectivity index (χ0) is 13.0. The van der Waals surface area contributed by atoms with Crippen molar-refractivity contribution in [1.29, 1.82) is 0 Å². The van der Waals surface area contributed by atoms with Gasteiger partial charge < -0.3 is 9.73 Å². The highest BCUT2D eigenvalue weighted by molar-refractivity contribution is 9.10. The van der Waals surface area contributed by atoms with E-state index in [0.717, 1.165) is 23.2 Å². The molecule has 1 atom stereocenters.